The van der Waals surface area contributed by atoms with E-state index in [0.29, 0.717) is 11.9 Å². The first-order valence-corrected chi connectivity index (χ1v) is 8.83. The van der Waals surface area contributed by atoms with Crippen LogP contribution in [0.25, 0.3) is 0 Å². The van der Waals surface area contributed by atoms with Crippen LogP contribution in [0.1, 0.15) is 37.3 Å². The minimum atomic E-state index is -0.275. The minimum absolute atomic E-state index is 0.244. The summed E-state index contributed by atoms with van der Waals surface area (Å²) in [6, 6.07) is 8.03. The lowest BCUT2D eigenvalue weighted by atomic mass is 9.94. The van der Waals surface area contributed by atoms with E-state index < -0.39 is 0 Å². The lowest BCUT2D eigenvalue weighted by molar-refractivity contribution is -0.133. The van der Waals surface area contributed by atoms with Gasteiger partial charge in [-0.1, -0.05) is 0 Å². The molecule has 1 N–H and O–H groups in total. The number of halogens is 1. The van der Waals surface area contributed by atoms with Crippen molar-refractivity contribution in [2.45, 2.75) is 31.6 Å². The second-order valence-corrected chi connectivity index (χ2v) is 6.83. The van der Waals surface area contributed by atoms with Crippen LogP contribution in [-0.2, 0) is 4.79 Å². The summed E-state index contributed by atoms with van der Waals surface area (Å²) < 4.78 is 13.0. The molecule has 1 aliphatic carbocycles. The molecule has 2 aliphatic rings. The van der Waals surface area contributed by atoms with Crippen molar-refractivity contribution in [1.29, 1.82) is 0 Å². The highest BCUT2D eigenvalue weighted by atomic mass is 19.1. The molecule has 1 unspecified atom stereocenters. The highest BCUT2D eigenvalue weighted by molar-refractivity contribution is 5.81. The van der Waals surface area contributed by atoms with Gasteiger partial charge in [-0.2, -0.15) is 0 Å². The molecule has 1 aromatic heterocycles. The van der Waals surface area contributed by atoms with Gasteiger partial charge >= 0.3 is 0 Å². The molecule has 1 aliphatic heterocycles. The topological polar surface area (TPSA) is 58.1 Å². The van der Waals surface area contributed by atoms with Crippen molar-refractivity contribution in [3.05, 3.63) is 48.0 Å². The molecule has 4 rings (SSSR count). The fourth-order valence-electron chi connectivity index (χ4n) is 3.33. The summed E-state index contributed by atoms with van der Waals surface area (Å²) >= 11 is 0. The zero-order valence-corrected chi connectivity index (χ0v) is 14.0. The van der Waals surface area contributed by atoms with Gasteiger partial charge in [-0.25, -0.2) is 14.4 Å². The Labute approximate surface area is 146 Å². The number of nitrogens with zero attached hydrogens (tertiary/aromatic N) is 3. The van der Waals surface area contributed by atoms with E-state index >= 15 is 0 Å². The minimum Gasteiger partial charge on any atom is -0.342 e. The molecule has 1 aromatic carbocycles. The van der Waals surface area contributed by atoms with Crippen LogP contribution in [0.15, 0.2) is 36.5 Å². The second-order valence-electron chi connectivity index (χ2n) is 6.83. The van der Waals surface area contributed by atoms with Crippen molar-refractivity contribution in [1.82, 2.24) is 14.9 Å². The fourth-order valence-corrected chi connectivity index (χ4v) is 3.33. The number of piperidine rings is 1. The number of carbonyl (C=O) groups excluding carboxylic acids is 1. The molecule has 1 atom stereocenters. The van der Waals surface area contributed by atoms with Crippen LogP contribution in [0, 0.1) is 11.7 Å². The number of anilines is 2. The lowest BCUT2D eigenvalue weighted by Gasteiger charge is -2.32. The summed E-state index contributed by atoms with van der Waals surface area (Å²) in [6.07, 6.45) is 5.85. The molecular weight excluding hydrogens is 319 g/mol. The normalized spacial score (nSPS) is 20.4. The van der Waals surface area contributed by atoms with Gasteiger partial charge in [-0.3, -0.25) is 4.79 Å². The van der Waals surface area contributed by atoms with Gasteiger partial charge in [0.2, 0.25) is 11.9 Å². The zero-order chi connectivity index (χ0) is 17.2. The summed E-state index contributed by atoms with van der Waals surface area (Å²) in [5.41, 5.74) is 1.70. The Hall–Kier alpha value is -2.50. The fraction of sp³-hybridized carbons (Fsp3) is 0.421. The monoisotopic (exact) mass is 340 g/mol. The summed E-state index contributed by atoms with van der Waals surface area (Å²) in [4.78, 5) is 23.2. The molecule has 0 bridgehead atoms. The van der Waals surface area contributed by atoms with Crippen molar-refractivity contribution >= 4 is 17.5 Å². The quantitative estimate of drug-likeness (QED) is 0.926. The second kappa shape index (κ2) is 6.78. The van der Waals surface area contributed by atoms with Crippen LogP contribution in [0.2, 0.25) is 0 Å². The van der Waals surface area contributed by atoms with Gasteiger partial charge in [0, 0.05) is 36.8 Å². The first-order chi connectivity index (χ1) is 12.2. The number of likely N-dealkylation sites (tertiary alicyclic amines) is 1. The van der Waals surface area contributed by atoms with E-state index in [-0.39, 0.29) is 17.7 Å². The SMILES string of the molecule is O=C(C1CC1)N1CCCC(c2ccnc(Nc3ccc(F)cc3)n2)C1. The largest absolute Gasteiger partial charge is 0.342 e. The summed E-state index contributed by atoms with van der Waals surface area (Å²) in [5.74, 6) is 1.04. The van der Waals surface area contributed by atoms with Crippen molar-refractivity contribution in [2.24, 2.45) is 5.92 Å². The molecule has 5 nitrogen and oxygen atoms in total. The van der Waals surface area contributed by atoms with Gasteiger partial charge in [-0.05, 0) is 56.0 Å². The van der Waals surface area contributed by atoms with Crippen LogP contribution in [0.3, 0.4) is 0 Å². The lowest BCUT2D eigenvalue weighted by Crippen LogP contribution is -2.40. The summed E-state index contributed by atoms with van der Waals surface area (Å²) in [6.45, 7) is 1.60. The molecule has 130 valence electrons. The third-order valence-electron chi connectivity index (χ3n) is 4.86. The van der Waals surface area contributed by atoms with Crippen LogP contribution in [-0.4, -0.2) is 33.9 Å². The number of carbonyl (C=O) groups is 1. The van der Waals surface area contributed by atoms with E-state index in [1.807, 2.05) is 11.0 Å². The van der Waals surface area contributed by atoms with E-state index in [1.54, 1.807) is 18.3 Å². The first-order valence-electron chi connectivity index (χ1n) is 8.83. The van der Waals surface area contributed by atoms with Gasteiger partial charge in [0.05, 0.1) is 5.69 Å². The van der Waals surface area contributed by atoms with E-state index in [2.05, 4.69) is 15.3 Å². The molecule has 0 radical (unpaired) electrons. The Bertz CT molecular complexity index is 760. The smallest absolute Gasteiger partial charge is 0.227 e. The Balaban J connectivity index is 1.46. The van der Waals surface area contributed by atoms with E-state index in [9.17, 15) is 9.18 Å². The zero-order valence-electron chi connectivity index (χ0n) is 14.0. The Morgan fingerprint density at radius 2 is 1.96 bits per heavy atom. The highest BCUT2D eigenvalue weighted by Gasteiger charge is 2.35. The number of rotatable bonds is 4. The molecule has 6 heteroatoms. The third kappa shape index (κ3) is 3.78. The molecule has 1 saturated carbocycles. The predicted octanol–water partition coefficient (Wildman–Crippen LogP) is 3.48. The summed E-state index contributed by atoms with van der Waals surface area (Å²) in [5, 5.41) is 3.10. The molecule has 2 fully saturated rings. The van der Waals surface area contributed by atoms with Crippen molar-refractivity contribution in [3.8, 4) is 0 Å². The van der Waals surface area contributed by atoms with E-state index in [4.69, 9.17) is 0 Å². The molecule has 25 heavy (non-hydrogen) atoms. The summed E-state index contributed by atoms with van der Waals surface area (Å²) in [7, 11) is 0. The number of amides is 1. The average Bonchev–Trinajstić information content (AvgIpc) is 3.49. The Kier molecular flexibility index (Phi) is 4.34. The molecule has 2 heterocycles. The van der Waals surface area contributed by atoms with Crippen LogP contribution < -0.4 is 5.32 Å². The van der Waals surface area contributed by atoms with Gasteiger partial charge in [0.1, 0.15) is 5.82 Å². The van der Waals surface area contributed by atoms with Crippen LogP contribution >= 0.6 is 0 Å². The standard InChI is InChI=1S/C19H21FN4O/c20-15-5-7-16(8-6-15)22-19-21-10-9-17(23-19)14-2-1-11-24(12-14)18(25)13-3-4-13/h5-10,13-14H,1-4,11-12H2,(H,21,22,23). The molecular formula is C19H21FN4O. The maximum Gasteiger partial charge on any atom is 0.227 e. The Morgan fingerprint density at radius 1 is 1.16 bits per heavy atom. The van der Waals surface area contributed by atoms with Gasteiger partial charge in [-0.15, -0.1) is 0 Å². The number of hydrogen-bond donors (Lipinski definition) is 1. The molecule has 0 spiro atoms. The maximum absolute atomic E-state index is 13.0. The van der Waals surface area contributed by atoms with Gasteiger partial charge < -0.3 is 10.2 Å². The van der Waals surface area contributed by atoms with Crippen LogP contribution in [0.5, 0.6) is 0 Å². The number of hydrogen-bond acceptors (Lipinski definition) is 4. The van der Waals surface area contributed by atoms with Gasteiger partial charge in [0.15, 0.2) is 0 Å². The number of benzene rings is 1. The van der Waals surface area contributed by atoms with Crippen molar-refractivity contribution in [3.63, 3.8) is 0 Å². The first kappa shape index (κ1) is 16.0. The number of nitrogens with one attached hydrogen (secondary N) is 1. The van der Waals surface area contributed by atoms with E-state index in [1.165, 1.54) is 12.1 Å². The average molecular weight is 340 g/mol. The predicted molar refractivity (Wildman–Crippen MR) is 93.0 cm³/mol. The van der Waals surface area contributed by atoms with Crippen molar-refractivity contribution < 1.29 is 9.18 Å². The highest BCUT2D eigenvalue weighted by Crippen LogP contribution is 2.34. The van der Waals surface area contributed by atoms with E-state index in [0.717, 1.165) is 50.2 Å². The Morgan fingerprint density at radius 3 is 2.72 bits per heavy atom. The molecule has 2 aromatic rings. The molecule has 1 amide bonds. The van der Waals surface area contributed by atoms with Crippen LogP contribution in [0.4, 0.5) is 16.0 Å². The van der Waals surface area contributed by atoms with Crippen molar-refractivity contribution in [2.75, 3.05) is 18.4 Å². The number of aromatic nitrogens is 2. The third-order valence-corrected chi connectivity index (χ3v) is 4.86. The maximum atomic E-state index is 13.0. The molecule has 1 saturated heterocycles. The van der Waals surface area contributed by atoms with Gasteiger partial charge in [0.25, 0.3) is 0 Å².